The molecule has 1 aromatic carbocycles. The number of carbonyl (C=O) groups excluding carboxylic acids is 1. The minimum absolute atomic E-state index is 0.0703. The number of methoxy groups -OCH3 is 3. The lowest BCUT2D eigenvalue weighted by atomic mass is 9.98. The Labute approximate surface area is 172 Å². The van der Waals surface area contributed by atoms with E-state index >= 15 is 0 Å². The Balaban J connectivity index is 1.68. The zero-order valence-corrected chi connectivity index (χ0v) is 17.5. The van der Waals surface area contributed by atoms with Gasteiger partial charge in [0.05, 0.1) is 33.2 Å². The predicted octanol–water partition coefficient (Wildman–Crippen LogP) is 2.66. The van der Waals surface area contributed by atoms with Crippen LogP contribution >= 0.6 is 11.8 Å². The van der Waals surface area contributed by atoms with Crippen molar-refractivity contribution < 1.29 is 23.4 Å². The van der Waals surface area contributed by atoms with E-state index < -0.39 is 5.54 Å². The number of carbonyl (C=O) groups is 1. The van der Waals surface area contributed by atoms with Crippen molar-refractivity contribution in [2.75, 3.05) is 27.1 Å². The highest BCUT2D eigenvalue weighted by atomic mass is 32.2. The van der Waals surface area contributed by atoms with Crippen LogP contribution in [-0.4, -0.2) is 48.7 Å². The molecule has 0 bridgehead atoms. The summed E-state index contributed by atoms with van der Waals surface area (Å²) < 4.78 is 21.6. The third-order valence-electron chi connectivity index (χ3n) is 4.67. The molecule has 1 aliphatic rings. The van der Waals surface area contributed by atoms with Gasteiger partial charge in [0.1, 0.15) is 5.54 Å². The highest BCUT2D eigenvalue weighted by Gasteiger charge is 2.43. The van der Waals surface area contributed by atoms with Crippen molar-refractivity contribution in [3.8, 4) is 34.8 Å². The first-order valence-corrected chi connectivity index (χ1v) is 9.91. The summed E-state index contributed by atoms with van der Waals surface area (Å²) in [6.07, 6.45) is 1.92. The first-order valence-electron chi connectivity index (χ1n) is 8.93. The topological polar surface area (TPSA) is 120 Å². The Morgan fingerprint density at radius 2 is 1.93 bits per heavy atom. The number of ether oxygens (including phenoxy) is 3. The van der Waals surface area contributed by atoms with Gasteiger partial charge >= 0.3 is 0 Å². The molecule has 1 aromatic heterocycles. The molecule has 1 aliphatic carbocycles. The molecular formula is C19H22N4O5S. The highest BCUT2D eigenvalue weighted by molar-refractivity contribution is 7.99. The maximum absolute atomic E-state index is 12.2. The second-order valence-corrected chi connectivity index (χ2v) is 7.64. The molecule has 29 heavy (non-hydrogen) atoms. The quantitative estimate of drug-likeness (QED) is 0.613. The average Bonchev–Trinajstić information content (AvgIpc) is 3.50. The lowest BCUT2D eigenvalue weighted by molar-refractivity contribution is -0.119. The van der Waals surface area contributed by atoms with Crippen molar-refractivity contribution >= 4 is 17.7 Å². The smallest absolute Gasteiger partial charge is 0.277 e. The zero-order valence-electron chi connectivity index (χ0n) is 16.6. The second-order valence-electron chi connectivity index (χ2n) is 6.71. The molecule has 1 fully saturated rings. The van der Waals surface area contributed by atoms with Crippen LogP contribution in [0, 0.1) is 17.2 Å². The van der Waals surface area contributed by atoms with Crippen LogP contribution in [0.5, 0.6) is 17.2 Å². The molecule has 1 atom stereocenters. The van der Waals surface area contributed by atoms with E-state index in [4.69, 9.17) is 18.6 Å². The standard InChI is InChI=1S/C19H22N4O5S/c1-19(10-20,12-5-6-12)21-15(24)9-29-18-23-22-17(28-18)11-7-13(25-2)16(27-4)14(8-11)26-3/h7-8,12H,5-6,9H2,1-4H3,(H,21,24)/t19-/m1/s1. The first-order chi connectivity index (χ1) is 13.9. The summed E-state index contributed by atoms with van der Waals surface area (Å²) in [4.78, 5) is 12.2. The fraction of sp³-hybridized carbons (Fsp3) is 0.474. The molecule has 9 nitrogen and oxygen atoms in total. The molecule has 0 saturated heterocycles. The maximum atomic E-state index is 12.2. The number of rotatable bonds is 9. The number of hydrogen-bond donors (Lipinski definition) is 1. The van der Waals surface area contributed by atoms with Gasteiger partial charge in [0.15, 0.2) is 11.5 Å². The molecule has 1 N–H and O–H groups in total. The van der Waals surface area contributed by atoms with E-state index in [-0.39, 0.29) is 28.7 Å². The molecule has 0 aliphatic heterocycles. The van der Waals surface area contributed by atoms with Crippen LogP contribution in [0.4, 0.5) is 0 Å². The number of amides is 1. The monoisotopic (exact) mass is 418 g/mol. The summed E-state index contributed by atoms with van der Waals surface area (Å²) in [7, 11) is 4.56. The number of thioether (sulfide) groups is 1. The van der Waals surface area contributed by atoms with Gasteiger partial charge in [0.2, 0.25) is 17.5 Å². The van der Waals surface area contributed by atoms with Crippen LogP contribution in [0.3, 0.4) is 0 Å². The summed E-state index contributed by atoms with van der Waals surface area (Å²) in [5.41, 5.74) is -0.234. The maximum Gasteiger partial charge on any atom is 0.277 e. The first kappa shape index (κ1) is 20.8. The molecule has 1 amide bonds. The Morgan fingerprint density at radius 3 is 2.45 bits per heavy atom. The van der Waals surface area contributed by atoms with Crippen LogP contribution in [0.1, 0.15) is 19.8 Å². The Morgan fingerprint density at radius 1 is 1.28 bits per heavy atom. The van der Waals surface area contributed by atoms with Gasteiger partial charge in [-0.3, -0.25) is 4.79 Å². The summed E-state index contributed by atoms with van der Waals surface area (Å²) in [5, 5.41) is 20.4. The third kappa shape index (κ3) is 4.56. The van der Waals surface area contributed by atoms with Crippen molar-refractivity contribution in [2.24, 2.45) is 5.92 Å². The fourth-order valence-corrected chi connectivity index (χ4v) is 3.49. The minimum Gasteiger partial charge on any atom is -0.493 e. The summed E-state index contributed by atoms with van der Waals surface area (Å²) in [6, 6.07) is 5.60. The van der Waals surface area contributed by atoms with E-state index in [1.165, 1.54) is 21.3 Å². The SMILES string of the molecule is COc1cc(-c2nnc(SCC(=O)N[C@](C)(C#N)C3CC3)o2)cc(OC)c1OC. The second kappa shape index (κ2) is 8.61. The van der Waals surface area contributed by atoms with Crippen molar-refractivity contribution in [3.05, 3.63) is 12.1 Å². The van der Waals surface area contributed by atoms with Gasteiger partial charge in [-0.2, -0.15) is 5.26 Å². The molecule has 0 spiro atoms. The number of hydrogen-bond acceptors (Lipinski definition) is 9. The van der Waals surface area contributed by atoms with Crippen LogP contribution in [-0.2, 0) is 4.79 Å². The van der Waals surface area contributed by atoms with Crippen LogP contribution in [0.25, 0.3) is 11.5 Å². The molecule has 1 heterocycles. The molecule has 154 valence electrons. The van der Waals surface area contributed by atoms with Gasteiger partial charge in [-0.15, -0.1) is 10.2 Å². The Bertz CT molecular complexity index is 912. The number of benzene rings is 1. The lowest BCUT2D eigenvalue weighted by Crippen LogP contribution is -2.47. The zero-order chi connectivity index (χ0) is 21.0. The summed E-state index contributed by atoms with van der Waals surface area (Å²) >= 11 is 1.11. The van der Waals surface area contributed by atoms with E-state index in [1.807, 2.05) is 0 Å². The largest absolute Gasteiger partial charge is 0.493 e. The van der Waals surface area contributed by atoms with E-state index in [0.29, 0.717) is 22.8 Å². The van der Waals surface area contributed by atoms with Crippen molar-refractivity contribution in [2.45, 2.75) is 30.5 Å². The molecule has 3 rings (SSSR count). The lowest BCUT2D eigenvalue weighted by Gasteiger charge is -2.22. The number of aromatic nitrogens is 2. The molecule has 2 aromatic rings. The molecule has 10 heteroatoms. The van der Waals surface area contributed by atoms with Crippen LogP contribution < -0.4 is 19.5 Å². The van der Waals surface area contributed by atoms with Crippen molar-refractivity contribution in [1.82, 2.24) is 15.5 Å². The number of nitriles is 1. The Kier molecular flexibility index (Phi) is 6.17. The average molecular weight is 418 g/mol. The molecule has 0 radical (unpaired) electrons. The number of nitrogens with zero attached hydrogens (tertiary/aromatic N) is 3. The van der Waals surface area contributed by atoms with Gasteiger partial charge in [0, 0.05) is 5.56 Å². The van der Waals surface area contributed by atoms with Crippen molar-refractivity contribution in [3.63, 3.8) is 0 Å². The van der Waals surface area contributed by atoms with Crippen LogP contribution in [0.2, 0.25) is 0 Å². The van der Waals surface area contributed by atoms with E-state index in [2.05, 4.69) is 21.6 Å². The summed E-state index contributed by atoms with van der Waals surface area (Å²) in [6.45, 7) is 1.75. The van der Waals surface area contributed by atoms with Crippen molar-refractivity contribution in [1.29, 1.82) is 5.26 Å². The number of nitrogens with one attached hydrogen (secondary N) is 1. The van der Waals surface area contributed by atoms with Gasteiger partial charge in [-0.1, -0.05) is 11.8 Å². The van der Waals surface area contributed by atoms with Gasteiger partial charge in [-0.25, -0.2) is 0 Å². The van der Waals surface area contributed by atoms with Crippen LogP contribution in [0.15, 0.2) is 21.8 Å². The van der Waals surface area contributed by atoms with Gasteiger partial charge < -0.3 is 23.9 Å². The molecular weight excluding hydrogens is 396 g/mol. The normalized spacial score (nSPS) is 15.1. The Hall–Kier alpha value is -2.93. The van der Waals surface area contributed by atoms with Gasteiger partial charge in [-0.05, 0) is 37.8 Å². The molecule has 0 unspecified atom stereocenters. The predicted molar refractivity (Wildman–Crippen MR) is 105 cm³/mol. The highest BCUT2D eigenvalue weighted by Crippen LogP contribution is 2.41. The summed E-state index contributed by atoms with van der Waals surface area (Å²) in [5.74, 6) is 1.68. The molecule has 1 saturated carbocycles. The van der Waals surface area contributed by atoms with E-state index in [1.54, 1.807) is 19.1 Å². The third-order valence-corrected chi connectivity index (χ3v) is 5.49. The van der Waals surface area contributed by atoms with E-state index in [0.717, 1.165) is 24.6 Å². The van der Waals surface area contributed by atoms with E-state index in [9.17, 15) is 10.1 Å². The minimum atomic E-state index is -0.826. The fourth-order valence-electron chi connectivity index (χ4n) is 2.92. The van der Waals surface area contributed by atoms with Gasteiger partial charge in [0.25, 0.3) is 5.22 Å².